The summed E-state index contributed by atoms with van der Waals surface area (Å²) in [5.41, 5.74) is -0.435. The van der Waals surface area contributed by atoms with Crippen LogP contribution < -0.4 is 0 Å². The minimum atomic E-state index is -0.435. The minimum absolute atomic E-state index is 0.279. The standard InChI is InChI=1S/C10H16O2/c1-4-10(8-11-5-2)7-6-9(3)12-10/h1,9H,5-8H2,2-3H3. The Morgan fingerprint density at radius 1 is 1.75 bits per heavy atom. The molecule has 1 aliphatic heterocycles. The van der Waals surface area contributed by atoms with Crippen LogP contribution in [0, 0.1) is 12.3 Å². The van der Waals surface area contributed by atoms with E-state index >= 15 is 0 Å². The molecule has 0 bridgehead atoms. The van der Waals surface area contributed by atoms with E-state index in [1.165, 1.54) is 0 Å². The Morgan fingerprint density at radius 2 is 2.50 bits per heavy atom. The molecule has 1 saturated heterocycles. The molecule has 1 heterocycles. The fourth-order valence-corrected chi connectivity index (χ4v) is 1.46. The third-order valence-electron chi connectivity index (χ3n) is 2.18. The molecule has 1 fully saturated rings. The van der Waals surface area contributed by atoms with Crippen molar-refractivity contribution >= 4 is 0 Å². The summed E-state index contributed by atoms with van der Waals surface area (Å²) in [4.78, 5) is 0. The molecule has 0 saturated carbocycles. The Bertz CT molecular complexity index is 183. The molecule has 2 heteroatoms. The maximum Gasteiger partial charge on any atom is 0.151 e. The van der Waals surface area contributed by atoms with Gasteiger partial charge in [-0.05, 0) is 26.7 Å². The van der Waals surface area contributed by atoms with Gasteiger partial charge in [-0.2, -0.15) is 0 Å². The molecule has 68 valence electrons. The van der Waals surface area contributed by atoms with Crippen molar-refractivity contribution < 1.29 is 9.47 Å². The molecule has 0 N–H and O–H groups in total. The van der Waals surface area contributed by atoms with Crippen molar-refractivity contribution in [3.8, 4) is 12.3 Å². The molecule has 2 atom stereocenters. The predicted molar refractivity (Wildman–Crippen MR) is 47.8 cm³/mol. The lowest BCUT2D eigenvalue weighted by atomic mass is 10.0. The van der Waals surface area contributed by atoms with Crippen LogP contribution >= 0.6 is 0 Å². The summed E-state index contributed by atoms with van der Waals surface area (Å²) >= 11 is 0. The summed E-state index contributed by atoms with van der Waals surface area (Å²) in [7, 11) is 0. The zero-order valence-corrected chi connectivity index (χ0v) is 7.80. The van der Waals surface area contributed by atoms with Crippen LogP contribution in [-0.4, -0.2) is 24.9 Å². The number of ether oxygens (including phenoxy) is 2. The van der Waals surface area contributed by atoms with Crippen molar-refractivity contribution in [3.63, 3.8) is 0 Å². The van der Waals surface area contributed by atoms with Crippen molar-refractivity contribution in [1.29, 1.82) is 0 Å². The van der Waals surface area contributed by atoms with E-state index in [1.807, 2.05) is 13.8 Å². The third kappa shape index (κ3) is 2.00. The Kier molecular flexibility index (Phi) is 3.13. The van der Waals surface area contributed by atoms with Gasteiger partial charge in [-0.25, -0.2) is 0 Å². The van der Waals surface area contributed by atoms with E-state index in [9.17, 15) is 0 Å². The first-order chi connectivity index (χ1) is 5.72. The van der Waals surface area contributed by atoms with Crippen molar-refractivity contribution in [2.24, 2.45) is 0 Å². The van der Waals surface area contributed by atoms with Gasteiger partial charge in [-0.15, -0.1) is 6.42 Å². The van der Waals surface area contributed by atoms with Gasteiger partial charge in [-0.1, -0.05) is 5.92 Å². The highest BCUT2D eigenvalue weighted by atomic mass is 16.6. The molecule has 0 amide bonds. The SMILES string of the molecule is C#CC1(COCC)CCC(C)O1. The Hall–Kier alpha value is -0.520. The summed E-state index contributed by atoms with van der Waals surface area (Å²) < 4.78 is 10.9. The van der Waals surface area contributed by atoms with Gasteiger partial charge in [0.2, 0.25) is 0 Å². The molecule has 0 aromatic heterocycles. The Balaban J connectivity index is 2.48. The van der Waals surface area contributed by atoms with Gasteiger partial charge in [0.25, 0.3) is 0 Å². The van der Waals surface area contributed by atoms with Gasteiger partial charge in [0.15, 0.2) is 5.60 Å². The fourth-order valence-electron chi connectivity index (χ4n) is 1.46. The zero-order chi connectivity index (χ0) is 9.03. The van der Waals surface area contributed by atoms with E-state index in [1.54, 1.807) is 0 Å². The maximum absolute atomic E-state index is 5.64. The second-order valence-corrected chi connectivity index (χ2v) is 3.24. The summed E-state index contributed by atoms with van der Waals surface area (Å²) in [5.74, 6) is 2.70. The van der Waals surface area contributed by atoms with Crippen LogP contribution in [0.15, 0.2) is 0 Å². The van der Waals surface area contributed by atoms with Crippen LogP contribution in [0.2, 0.25) is 0 Å². The molecule has 0 aromatic carbocycles. The molecule has 2 unspecified atom stereocenters. The summed E-state index contributed by atoms with van der Waals surface area (Å²) in [6.45, 7) is 5.24. The molecule has 0 spiro atoms. The van der Waals surface area contributed by atoms with E-state index in [4.69, 9.17) is 15.9 Å². The van der Waals surface area contributed by atoms with Gasteiger partial charge >= 0.3 is 0 Å². The highest BCUT2D eigenvalue weighted by Gasteiger charge is 2.36. The predicted octanol–water partition coefficient (Wildman–Crippen LogP) is 1.59. The van der Waals surface area contributed by atoms with Crippen molar-refractivity contribution in [1.82, 2.24) is 0 Å². The largest absolute Gasteiger partial charge is 0.378 e. The molecule has 0 aliphatic carbocycles. The van der Waals surface area contributed by atoms with E-state index < -0.39 is 5.60 Å². The van der Waals surface area contributed by atoms with Crippen molar-refractivity contribution in [3.05, 3.63) is 0 Å². The van der Waals surface area contributed by atoms with Gasteiger partial charge in [-0.3, -0.25) is 0 Å². The average molecular weight is 168 g/mol. The lowest BCUT2D eigenvalue weighted by Crippen LogP contribution is -2.32. The molecule has 12 heavy (non-hydrogen) atoms. The average Bonchev–Trinajstić information content (AvgIpc) is 2.45. The molecule has 2 nitrogen and oxygen atoms in total. The number of hydrogen-bond acceptors (Lipinski definition) is 2. The first-order valence-electron chi connectivity index (χ1n) is 4.46. The third-order valence-corrected chi connectivity index (χ3v) is 2.18. The number of hydrogen-bond donors (Lipinski definition) is 0. The first-order valence-corrected chi connectivity index (χ1v) is 4.46. The first kappa shape index (κ1) is 9.57. The Morgan fingerprint density at radius 3 is 2.92 bits per heavy atom. The van der Waals surface area contributed by atoms with Crippen LogP contribution in [0.4, 0.5) is 0 Å². The Labute approximate surface area is 74.2 Å². The van der Waals surface area contributed by atoms with E-state index in [-0.39, 0.29) is 6.10 Å². The highest BCUT2D eigenvalue weighted by molar-refractivity contribution is 5.11. The fraction of sp³-hybridized carbons (Fsp3) is 0.800. The lowest BCUT2D eigenvalue weighted by molar-refractivity contribution is -0.0486. The second-order valence-electron chi connectivity index (χ2n) is 3.24. The monoisotopic (exact) mass is 168 g/mol. The second kappa shape index (κ2) is 3.93. The zero-order valence-electron chi connectivity index (χ0n) is 7.80. The van der Waals surface area contributed by atoms with Crippen LogP contribution in [0.1, 0.15) is 26.7 Å². The van der Waals surface area contributed by atoms with Crippen molar-refractivity contribution in [2.75, 3.05) is 13.2 Å². The van der Waals surface area contributed by atoms with E-state index in [0.717, 1.165) is 12.8 Å². The normalized spacial score (nSPS) is 34.9. The molecule has 0 aromatic rings. The van der Waals surface area contributed by atoms with Crippen LogP contribution in [-0.2, 0) is 9.47 Å². The molecule has 1 rings (SSSR count). The quantitative estimate of drug-likeness (QED) is 0.596. The van der Waals surface area contributed by atoms with Crippen LogP contribution in [0.25, 0.3) is 0 Å². The van der Waals surface area contributed by atoms with E-state index in [0.29, 0.717) is 13.2 Å². The van der Waals surface area contributed by atoms with Crippen molar-refractivity contribution in [2.45, 2.75) is 38.4 Å². The van der Waals surface area contributed by atoms with Crippen LogP contribution in [0.5, 0.6) is 0 Å². The molecular weight excluding hydrogens is 152 g/mol. The summed E-state index contributed by atoms with van der Waals surface area (Å²) in [6, 6.07) is 0. The maximum atomic E-state index is 5.64. The van der Waals surface area contributed by atoms with E-state index in [2.05, 4.69) is 5.92 Å². The molecular formula is C10H16O2. The van der Waals surface area contributed by atoms with Gasteiger partial charge in [0, 0.05) is 6.61 Å². The van der Waals surface area contributed by atoms with Gasteiger partial charge < -0.3 is 9.47 Å². The molecule has 0 radical (unpaired) electrons. The summed E-state index contributed by atoms with van der Waals surface area (Å²) in [5, 5.41) is 0. The van der Waals surface area contributed by atoms with Gasteiger partial charge in [0.05, 0.1) is 12.7 Å². The highest BCUT2D eigenvalue weighted by Crippen LogP contribution is 2.29. The van der Waals surface area contributed by atoms with Gasteiger partial charge in [0.1, 0.15) is 0 Å². The number of terminal acetylenes is 1. The topological polar surface area (TPSA) is 18.5 Å². The molecule has 1 aliphatic rings. The van der Waals surface area contributed by atoms with Crippen LogP contribution in [0.3, 0.4) is 0 Å². The lowest BCUT2D eigenvalue weighted by Gasteiger charge is -2.22. The smallest absolute Gasteiger partial charge is 0.151 e. The summed E-state index contributed by atoms with van der Waals surface area (Å²) in [6.07, 6.45) is 7.66. The minimum Gasteiger partial charge on any atom is -0.378 e. The number of rotatable bonds is 3.